The molecule has 16 heavy (non-hydrogen) atoms. The molecule has 0 heterocycles. The number of rotatable bonds is 8. The van der Waals surface area contributed by atoms with Gasteiger partial charge >= 0.3 is 0 Å². The van der Waals surface area contributed by atoms with Crippen molar-refractivity contribution in [2.45, 2.75) is 45.1 Å². The zero-order chi connectivity index (χ0) is 12.2. The summed E-state index contributed by atoms with van der Waals surface area (Å²) >= 11 is 0. The quantitative estimate of drug-likeness (QED) is 0.618. The van der Waals surface area contributed by atoms with E-state index in [9.17, 15) is 5.11 Å². The minimum Gasteiger partial charge on any atom is -0.389 e. The normalized spacial score (nSPS) is 28.1. The molecule has 0 amide bonds. The van der Waals surface area contributed by atoms with Gasteiger partial charge in [0.05, 0.1) is 5.60 Å². The average Bonchev–Trinajstić information content (AvgIpc) is 2.89. The number of aliphatic hydroxyl groups is 1. The molecule has 0 aromatic heterocycles. The van der Waals surface area contributed by atoms with Crippen molar-refractivity contribution in [1.82, 2.24) is 4.90 Å². The van der Waals surface area contributed by atoms with E-state index >= 15 is 0 Å². The maximum Gasteiger partial charge on any atom is 0.0741 e. The molecule has 1 aliphatic rings. The van der Waals surface area contributed by atoms with E-state index in [1.165, 1.54) is 13.0 Å². The van der Waals surface area contributed by atoms with E-state index in [-0.39, 0.29) is 0 Å². The minimum atomic E-state index is -0.663. The number of hydrogen-bond donors (Lipinski definition) is 2. The summed E-state index contributed by atoms with van der Waals surface area (Å²) in [4.78, 5) is 2.42. The van der Waals surface area contributed by atoms with Gasteiger partial charge in [-0.3, -0.25) is 0 Å². The average molecular weight is 228 g/mol. The zero-order valence-electron chi connectivity index (χ0n) is 11.1. The van der Waals surface area contributed by atoms with Crippen LogP contribution in [0.1, 0.15) is 39.5 Å². The summed E-state index contributed by atoms with van der Waals surface area (Å²) in [5, 5.41) is 9.74. The van der Waals surface area contributed by atoms with Gasteiger partial charge < -0.3 is 15.7 Å². The van der Waals surface area contributed by atoms with Crippen molar-refractivity contribution in [3.8, 4) is 0 Å². The van der Waals surface area contributed by atoms with Crippen molar-refractivity contribution in [3.63, 3.8) is 0 Å². The van der Waals surface area contributed by atoms with Crippen LogP contribution in [-0.2, 0) is 0 Å². The molecule has 1 saturated carbocycles. The Balaban J connectivity index is 1.98. The molecule has 3 nitrogen and oxygen atoms in total. The second-order valence-corrected chi connectivity index (χ2v) is 5.89. The number of hydrogen-bond acceptors (Lipinski definition) is 3. The van der Waals surface area contributed by atoms with Gasteiger partial charge in [0.1, 0.15) is 0 Å². The molecule has 0 aromatic carbocycles. The molecule has 1 aliphatic carbocycles. The summed E-state index contributed by atoms with van der Waals surface area (Å²) in [6.45, 7) is 6.90. The van der Waals surface area contributed by atoms with E-state index in [2.05, 4.69) is 18.9 Å². The Morgan fingerprint density at radius 2 is 2.06 bits per heavy atom. The van der Waals surface area contributed by atoms with Gasteiger partial charge in [-0.25, -0.2) is 0 Å². The lowest BCUT2D eigenvalue weighted by molar-refractivity contribution is 0.0565. The molecule has 3 heteroatoms. The standard InChI is InChI=1S/C13H28N2O/c1-11-8-12(11)9-15(3)7-5-4-6-13(2,16)10-14/h11-12,16H,4-10,14H2,1-3H3. The highest BCUT2D eigenvalue weighted by Crippen LogP contribution is 2.37. The molecule has 0 bridgehead atoms. The fourth-order valence-electron chi connectivity index (χ4n) is 2.13. The van der Waals surface area contributed by atoms with Crippen molar-refractivity contribution in [1.29, 1.82) is 0 Å². The van der Waals surface area contributed by atoms with Crippen LogP contribution >= 0.6 is 0 Å². The Kier molecular flexibility index (Phi) is 5.22. The summed E-state index contributed by atoms with van der Waals surface area (Å²) < 4.78 is 0. The molecule has 0 spiro atoms. The maximum absolute atomic E-state index is 9.74. The molecule has 3 unspecified atom stereocenters. The fraction of sp³-hybridized carbons (Fsp3) is 1.00. The topological polar surface area (TPSA) is 49.5 Å². The Labute approximate surface area is 100 Å². The SMILES string of the molecule is CC1CC1CN(C)CCCCC(C)(O)CN. The highest BCUT2D eigenvalue weighted by Gasteiger charge is 2.32. The summed E-state index contributed by atoms with van der Waals surface area (Å²) in [6, 6.07) is 0. The third-order valence-corrected chi connectivity index (χ3v) is 3.77. The van der Waals surface area contributed by atoms with Crippen molar-refractivity contribution in [2.75, 3.05) is 26.7 Å². The summed E-state index contributed by atoms with van der Waals surface area (Å²) in [6.07, 6.45) is 4.45. The third-order valence-electron chi connectivity index (χ3n) is 3.77. The van der Waals surface area contributed by atoms with Gasteiger partial charge in [0.2, 0.25) is 0 Å². The monoisotopic (exact) mass is 228 g/mol. The lowest BCUT2D eigenvalue weighted by Crippen LogP contribution is -2.34. The molecule has 0 saturated heterocycles. The van der Waals surface area contributed by atoms with Crippen LogP contribution in [0.4, 0.5) is 0 Å². The zero-order valence-corrected chi connectivity index (χ0v) is 11.1. The molecule has 0 radical (unpaired) electrons. The molecular weight excluding hydrogens is 200 g/mol. The van der Waals surface area contributed by atoms with Crippen LogP contribution < -0.4 is 5.73 Å². The smallest absolute Gasteiger partial charge is 0.0741 e. The fourth-order valence-corrected chi connectivity index (χ4v) is 2.13. The molecule has 96 valence electrons. The predicted octanol–water partition coefficient (Wildman–Crippen LogP) is 1.45. The minimum absolute atomic E-state index is 0.364. The molecule has 0 aromatic rings. The van der Waals surface area contributed by atoms with Crippen molar-refractivity contribution < 1.29 is 5.11 Å². The Bertz CT molecular complexity index is 206. The predicted molar refractivity (Wildman–Crippen MR) is 68.3 cm³/mol. The summed E-state index contributed by atoms with van der Waals surface area (Å²) in [5.41, 5.74) is 4.81. The largest absolute Gasteiger partial charge is 0.389 e. The Morgan fingerprint density at radius 1 is 1.44 bits per heavy atom. The van der Waals surface area contributed by atoms with Crippen LogP contribution in [0.3, 0.4) is 0 Å². The van der Waals surface area contributed by atoms with Crippen LogP contribution in [0, 0.1) is 11.8 Å². The van der Waals surface area contributed by atoms with Gasteiger partial charge in [0.15, 0.2) is 0 Å². The highest BCUT2D eigenvalue weighted by molar-refractivity contribution is 4.84. The van der Waals surface area contributed by atoms with Crippen molar-refractivity contribution >= 4 is 0 Å². The van der Waals surface area contributed by atoms with Gasteiger partial charge in [0, 0.05) is 13.1 Å². The van der Waals surface area contributed by atoms with Crippen LogP contribution in [0.25, 0.3) is 0 Å². The van der Waals surface area contributed by atoms with E-state index in [4.69, 9.17) is 5.73 Å². The number of nitrogens with zero attached hydrogens (tertiary/aromatic N) is 1. The molecule has 1 rings (SSSR count). The first-order valence-corrected chi connectivity index (χ1v) is 6.55. The van der Waals surface area contributed by atoms with E-state index in [1.807, 2.05) is 6.92 Å². The van der Waals surface area contributed by atoms with Crippen molar-refractivity contribution in [3.05, 3.63) is 0 Å². The molecule has 3 N–H and O–H groups in total. The Hall–Kier alpha value is -0.120. The van der Waals surface area contributed by atoms with E-state index < -0.39 is 5.60 Å². The first kappa shape index (κ1) is 13.9. The maximum atomic E-state index is 9.74. The van der Waals surface area contributed by atoms with Gasteiger partial charge in [-0.05, 0) is 58.0 Å². The number of nitrogens with two attached hydrogens (primary N) is 1. The van der Waals surface area contributed by atoms with Gasteiger partial charge in [0.25, 0.3) is 0 Å². The summed E-state index contributed by atoms with van der Waals surface area (Å²) in [7, 11) is 2.20. The molecule has 1 fully saturated rings. The molecule has 3 atom stereocenters. The van der Waals surface area contributed by atoms with Crippen LogP contribution in [0.5, 0.6) is 0 Å². The Morgan fingerprint density at radius 3 is 2.56 bits per heavy atom. The second-order valence-electron chi connectivity index (χ2n) is 5.89. The van der Waals surface area contributed by atoms with Crippen molar-refractivity contribution in [2.24, 2.45) is 17.6 Å². The lowest BCUT2D eigenvalue weighted by Gasteiger charge is -2.22. The first-order valence-electron chi connectivity index (χ1n) is 6.55. The van der Waals surface area contributed by atoms with Gasteiger partial charge in [-0.1, -0.05) is 6.92 Å². The van der Waals surface area contributed by atoms with Crippen LogP contribution in [-0.4, -0.2) is 42.3 Å². The molecular formula is C13H28N2O. The summed E-state index contributed by atoms with van der Waals surface area (Å²) in [5.74, 6) is 1.89. The third kappa shape index (κ3) is 5.28. The van der Waals surface area contributed by atoms with E-state index in [1.54, 1.807) is 0 Å². The highest BCUT2D eigenvalue weighted by atomic mass is 16.3. The lowest BCUT2D eigenvalue weighted by atomic mass is 9.99. The van der Waals surface area contributed by atoms with Gasteiger partial charge in [-0.15, -0.1) is 0 Å². The first-order chi connectivity index (χ1) is 7.44. The number of unbranched alkanes of at least 4 members (excludes halogenated alkanes) is 1. The van der Waals surface area contributed by atoms with Crippen LogP contribution in [0.2, 0.25) is 0 Å². The van der Waals surface area contributed by atoms with E-state index in [0.29, 0.717) is 6.54 Å². The molecule has 0 aliphatic heterocycles. The van der Waals surface area contributed by atoms with Crippen LogP contribution in [0.15, 0.2) is 0 Å². The second kappa shape index (κ2) is 5.99. The van der Waals surface area contributed by atoms with Gasteiger partial charge in [-0.2, -0.15) is 0 Å². The van der Waals surface area contributed by atoms with E-state index in [0.717, 1.165) is 37.6 Å².